The summed E-state index contributed by atoms with van der Waals surface area (Å²) >= 11 is 0. The number of hydrogen-bond acceptors (Lipinski definition) is 0. The standard InChI is InChI=1S/C13H26/c1-6-7-8-12-9-10(2)13(4,5)11(12)3/h10-12H,6-9H2,1-5H3. The van der Waals surface area contributed by atoms with E-state index in [1.54, 1.807) is 0 Å². The highest BCUT2D eigenvalue weighted by Crippen LogP contribution is 2.51. The van der Waals surface area contributed by atoms with Crippen LogP contribution in [0, 0.1) is 23.2 Å². The molecule has 1 saturated carbocycles. The van der Waals surface area contributed by atoms with E-state index in [0.29, 0.717) is 5.41 Å². The van der Waals surface area contributed by atoms with Crippen LogP contribution in [0.5, 0.6) is 0 Å². The molecule has 1 rings (SSSR count). The van der Waals surface area contributed by atoms with Crippen LogP contribution in [0.2, 0.25) is 0 Å². The van der Waals surface area contributed by atoms with E-state index in [0.717, 1.165) is 17.8 Å². The Hall–Kier alpha value is 0. The lowest BCUT2D eigenvalue weighted by Crippen LogP contribution is -2.23. The molecule has 0 bridgehead atoms. The molecule has 78 valence electrons. The smallest absolute Gasteiger partial charge is 0.0300 e. The zero-order valence-corrected chi connectivity index (χ0v) is 10.1. The average molecular weight is 182 g/mol. The summed E-state index contributed by atoms with van der Waals surface area (Å²) in [5.74, 6) is 2.85. The highest BCUT2D eigenvalue weighted by molar-refractivity contribution is 4.92. The van der Waals surface area contributed by atoms with Crippen LogP contribution >= 0.6 is 0 Å². The van der Waals surface area contributed by atoms with Gasteiger partial charge in [0.2, 0.25) is 0 Å². The first-order valence-corrected chi connectivity index (χ1v) is 6.00. The second kappa shape index (κ2) is 4.02. The van der Waals surface area contributed by atoms with Crippen LogP contribution in [-0.2, 0) is 0 Å². The topological polar surface area (TPSA) is 0 Å². The first-order valence-electron chi connectivity index (χ1n) is 6.00. The normalized spacial score (nSPS) is 38.1. The van der Waals surface area contributed by atoms with Crippen molar-refractivity contribution >= 4 is 0 Å². The van der Waals surface area contributed by atoms with E-state index in [1.165, 1.54) is 25.7 Å². The molecule has 3 atom stereocenters. The van der Waals surface area contributed by atoms with Gasteiger partial charge in [0, 0.05) is 0 Å². The molecule has 1 aliphatic rings. The van der Waals surface area contributed by atoms with Crippen LogP contribution in [0.4, 0.5) is 0 Å². The Morgan fingerprint density at radius 1 is 1.23 bits per heavy atom. The Bertz CT molecular complexity index is 157. The molecule has 0 spiro atoms. The first-order chi connectivity index (χ1) is 6.00. The minimum Gasteiger partial charge on any atom is -0.0654 e. The second-order valence-electron chi connectivity index (χ2n) is 5.65. The van der Waals surface area contributed by atoms with Crippen molar-refractivity contribution in [1.29, 1.82) is 0 Å². The third kappa shape index (κ3) is 2.08. The summed E-state index contributed by atoms with van der Waals surface area (Å²) in [5.41, 5.74) is 0.582. The fourth-order valence-electron chi connectivity index (χ4n) is 2.85. The summed E-state index contributed by atoms with van der Waals surface area (Å²) in [4.78, 5) is 0. The summed E-state index contributed by atoms with van der Waals surface area (Å²) in [5, 5.41) is 0. The predicted octanol–water partition coefficient (Wildman–Crippen LogP) is 4.49. The maximum Gasteiger partial charge on any atom is -0.0300 e. The first kappa shape index (κ1) is 11.1. The van der Waals surface area contributed by atoms with E-state index < -0.39 is 0 Å². The molecule has 0 amide bonds. The van der Waals surface area contributed by atoms with E-state index in [1.807, 2.05) is 0 Å². The van der Waals surface area contributed by atoms with Crippen molar-refractivity contribution in [3.05, 3.63) is 0 Å². The van der Waals surface area contributed by atoms with Crippen LogP contribution in [0.25, 0.3) is 0 Å². The van der Waals surface area contributed by atoms with Gasteiger partial charge in [-0.1, -0.05) is 53.9 Å². The van der Waals surface area contributed by atoms with Gasteiger partial charge in [-0.2, -0.15) is 0 Å². The monoisotopic (exact) mass is 182 g/mol. The molecular weight excluding hydrogens is 156 g/mol. The molecule has 3 unspecified atom stereocenters. The Labute approximate surface area is 84.1 Å². The molecule has 0 nitrogen and oxygen atoms in total. The van der Waals surface area contributed by atoms with Gasteiger partial charge < -0.3 is 0 Å². The van der Waals surface area contributed by atoms with Crippen LogP contribution < -0.4 is 0 Å². The van der Waals surface area contributed by atoms with Crippen molar-refractivity contribution < 1.29 is 0 Å². The largest absolute Gasteiger partial charge is 0.0654 e. The molecule has 0 N–H and O–H groups in total. The van der Waals surface area contributed by atoms with Crippen LogP contribution in [-0.4, -0.2) is 0 Å². The van der Waals surface area contributed by atoms with Crippen molar-refractivity contribution in [2.24, 2.45) is 23.2 Å². The lowest BCUT2D eigenvalue weighted by molar-refractivity contribution is 0.190. The number of unbranched alkanes of at least 4 members (excludes halogenated alkanes) is 1. The van der Waals surface area contributed by atoms with Crippen molar-refractivity contribution in [1.82, 2.24) is 0 Å². The van der Waals surface area contributed by atoms with Gasteiger partial charge in [-0.05, 0) is 29.6 Å². The fourth-order valence-corrected chi connectivity index (χ4v) is 2.85. The van der Waals surface area contributed by atoms with Crippen molar-refractivity contribution in [3.63, 3.8) is 0 Å². The summed E-state index contributed by atoms with van der Waals surface area (Å²) in [6.07, 6.45) is 5.72. The van der Waals surface area contributed by atoms with Gasteiger partial charge >= 0.3 is 0 Å². The second-order valence-corrected chi connectivity index (χ2v) is 5.65. The van der Waals surface area contributed by atoms with Crippen molar-refractivity contribution in [3.8, 4) is 0 Å². The van der Waals surface area contributed by atoms with Gasteiger partial charge in [0.15, 0.2) is 0 Å². The van der Waals surface area contributed by atoms with Crippen LogP contribution in [0.15, 0.2) is 0 Å². The van der Waals surface area contributed by atoms with Gasteiger partial charge in [0.05, 0.1) is 0 Å². The molecule has 0 aromatic rings. The lowest BCUT2D eigenvalue weighted by Gasteiger charge is -2.30. The van der Waals surface area contributed by atoms with Gasteiger partial charge in [-0.15, -0.1) is 0 Å². The fraction of sp³-hybridized carbons (Fsp3) is 1.00. The van der Waals surface area contributed by atoms with Gasteiger partial charge in [0.25, 0.3) is 0 Å². The number of rotatable bonds is 3. The predicted molar refractivity (Wildman–Crippen MR) is 59.7 cm³/mol. The molecule has 0 heterocycles. The third-order valence-corrected chi connectivity index (χ3v) is 4.74. The molecule has 0 saturated heterocycles. The summed E-state index contributed by atoms with van der Waals surface area (Å²) < 4.78 is 0. The maximum atomic E-state index is 2.46. The minimum atomic E-state index is 0.582. The van der Waals surface area contributed by atoms with Crippen LogP contribution in [0.1, 0.15) is 60.3 Å². The van der Waals surface area contributed by atoms with E-state index in [-0.39, 0.29) is 0 Å². The lowest BCUT2D eigenvalue weighted by atomic mass is 9.75. The van der Waals surface area contributed by atoms with Gasteiger partial charge in [-0.25, -0.2) is 0 Å². The van der Waals surface area contributed by atoms with Crippen molar-refractivity contribution in [2.75, 3.05) is 0 Å². The Morgan fingerprint density at radius 2 is 1.85 bits per heavy atom. The zero-order valence-electron chi connectivity index (χ0n) is 10.1. The molecule has 0 radical (unpaired) electrons. The summed E-state index contributed by atoms with van der Waals surface area (Å²) in [6, 6.07) is 0. The quantitative estimate of drug-likeness (QED) is 0.603. The van der Waals surface area contributed by atoms with E-state index in [4.69, 9.17) is 0 Å². The molecule has 13 heavy (non-hydrogen) atoms. The summed E-state index contributed by atoms with van der Waals surface area (Å²) in [7, 11) is 0. The van der Waals surface area contributed by atoms with Gasteiger partial charge in [0.1, 0.15) is 0 Å². The maximum absolute atomic E-state index is 2.46. The number of hydrogen-bond donors (Lipinski definition) is 0. The third-order valence-electron chi connectivity index (χ3n) is 4.74. The van der Waals surface area contributed by atoms with Crippen LogP contribution in [0.3, 0.4) is 0 Å². The molecule has 0 aromatic carbocycles. The molecule has 0 aromatic heterocycles. The highest BCUT2D eigenvalue weighted by atomic mass is 14.5. The van der Waals surface area contributed by atoms with E-state index in [9.17, 15) is 0 Å². The Morgan fingerprint density at radius 3 is 2.23 bits per heavy atom. The van der Waals surface area contributed by atoms with Crippen molar-refractivity contribution in [2.45, 2.75) is 60.3 Å². The Balaban J connectivity index is 2.52. The van der Waals surface area contributed by atoms with Gasteiger partial charge in [-0.3, -0.25) is 0 Å². The Kier molecular flexibility index (Phi) is 3.43. The summed E-state index contributed by atoms with van der Waals surface area (Å²) in [6.45, 7) is 12.1. The minimum absolute atomic E-state index is 0.582. The SMILES string of the molecule is CCCCC1CC(C)C(C)(C)C1C. The van der Waals surface area contributed by atoms with E-state index in [2.05, 4.69) is 34.6 Å². The van der Waals surface area contributed by atoms with E-state index >= 15 is 0 Å². The molecular formula is C13H26. The molecule has 0 heteroatoms. The molecule has 1 aliphatic carbocycles. The average Bonchev–Trinajstić information content (AvgIpc) is 2.26. The molecule has 1 fully saturated rings. The molecule has 0 aliphatic heterocycles. The highest BCUT2D eigenvalue weighted by Gasteiger charge is 2.43. The zero-order chi connectivity index (χ0) is 10.1.